The minimum Gasteiger partial charge on any atom is -0.465 e. The highest BCUT2D eigenvalue weighted by atomic mass is 35.5. The number of nitrogens with zero attached hydrogens (tertiary/aromatic N) is 4. The van der Waals surface area contributed by atoms with Crippen molar-refractivity contribution in [2.24, 2.45) is 0 Å². The molecule has 2 aromatic rings. The van der Waals surface area contributed by atoms with Crippen LogP contribution < -0.4 is 4.74 Å². The van der Waals surface area contributed by atoms with E-state index in [1.165, 1.54) is 18.0 Å². The van der Waals surface area contributed by atoms with Gasteiger partial charge in [0.2, 0.25) is 0 Å². The molecular formula is C19H24Cl2N4O2. The minimum absolute atomic E-state index is 0. The van der Waals surface area contributed by atoms with E-state index in [4.69, 9.17) is 16.3 Å². The van der Waals surface area contributed by atoms with Crippen LogP contribution in [-0.4, -0.2) is 58.5 Å². The molecule has 0 radical (unpaired) electrons. The molecule has 0 saturated carbocycles. The number of ether oxygens (including phenoxy) is 1. The molecule has 1 aliphatic heterocycles. The van der Waals surface area contributed by atoms with Crippen LogP contribution in [0.2, 0.25) is 5.15 Å². The molecule has 2 heterocycles. The van der Waals surface area contributed by atoms with Crippen LogP contribution >= 0.6 is 24.0 Å². The second-order valence-corrected chi connectivity index (χ2v) is 6.80. The molecule has 1 amide bonds. The fourth-order valence-electron chi connectivity index (χ4n) is 3.15. The summed E-state index contributed by atoms with van der Waals surface area (Å²) in [6.45, 7) is 2.83. The van der Waals surface area contributed by atoms with Crippen LogP contribution in [0.25, 0.3) is 0 Å². The molecule has 1 aromatic carbocycles. The summed E-state index contributed by atoms with van der Waals surface area (Å²) in [5.41, 5.74) is 1.32. The van der Waals surface area contributed by atoms with Crippen molar-refractivity contribution in [2.45, 2.75) is 25.4 Å². The zero-order chi connectivity index (χ0) is 18.4. The maximum Gasteiger partial charge on any atom is 0.260 e. The summed E-state index contributed by atoms with van der Waals surface area (Å²) in [7, 11) is 1.83. The molecule has 1 fully saturated rings. The van der Waals surface area contributed by atoms with Crippen molar-refractivity contribution in [1.29, 1.82) is 0 Å². The Bertz CT molecular complexity index is 725. The third-order valence-corrected chi connectivity index (χ3v) is 4.96. The van der Waals surface area contributed by atoms with Crippen LogP contribution in [0.1, 0.15) is 18.4 Å². The summed E-state index contributed by atoms with van der Waals surface area (Å²) in [4.78, 5) is 24.5. The summed E-state index contributed by atoms with van der Waals surface area (Å²) in [6.07, 6.45) is 4.88. The molecule has 3 rings (SSSR count). The predicted octanol–water partition coefficient (Wildman–Crippen LogP) is 3.05. The molecular weight excluding hydrogens is 387 g/mol. The number of carbonyl (C=O) groups is 1. The summed E-state index contributed by atoms with van der Waals surface area (Å²) in [6, 6.07) is 10.7. The quantitative estimate of drug-likeness (QED) is 0.732. The molecule has 146 valence electrons. The first kappa shape index (κ1) is 21.4. The predicted molar refractivity (Wildman–Crippen MR) is 107 cm³/mol. The Balaban J connectivity index is 0.00000261. The summed E-state index contributed by atoms with van der Waals surface area (Å²) in [5.74, 6) is 0.113. The average molecular weight is 411 g/mol. The SMILES string of the molecule is CN(C(=O)COc1nccnc1Cl)C1CCN(Cc2ccccc2)CC1.Cl. The van der Waals surface area contributed by atoms with Crippen molar-refractivity contribution in [3.8, 4) is 5.88 Å². The average Bonchev–Trinajstić information content (AvgIpc) is 2.68. The number of rotatable bonds is 6. The molecule has 8 heteroatoms. The van der Waals surface area contributed by atoms with Crippen LogP contribution in [-0.2, 0) is 11.3 Å². The van der Waals surface area contributed by atoms with Crippen molar-refractivity contribution < 1.29 is 9.53 Å². The fraction of sp³-hybridized carbons (Fsp3) is 0.421. The Kier molecular flexibility index (Phi) is 8.28. The lowest BCUT2D eigenvalue weighted by Crippen LogP contribution is -2.46. The number of likely N-dealkylation sites (tertiary alicyclic amines) is 1. The van der Waals surface area contributed by atoms with Gasteiger partial charge in [-0.2, -0.15) is 0 Å². The highest BCUT2D eigenvalue weighted by molar-refractivity contribution is 6.30. The van der Waals surface area contributed by atoms with E-state index in [2.05, 4.69) is 39.1 Å². The highest BCUT2D eigenvalue weighted by Crippen LogP contribution is 2.19. The van der Waals surface area contributed by atoms with Gasteiger partial charge < -0.3 is 9.64 Å². The van der Waals surface area contributed by atoms with Crippen molar-refractivity contribution in [2.75, 3.05) is 26.7 Å². The summed E-state index contributed by atoms with van der Waals surface area (Å²) < 4.78 is 5.40. The molecule has 1 saturated heterocycles. The molecule has 0 spiro atoms. The lowest BCUT2D eigenvalue weighted by atomic mass is 10.0. The fourth-order valence-corrected chi connectivity index (χ4v) is 3.31. The van der Waals surface area contributed by atoms with Gasteiger partial charge in [0.15, 0.2) is 11.8 Å². The van der Waals surface area contributed by atoms with E-state index >= 15 is 0 Å². The van der Waals surface area contributed by atoms with Gasteiger partial charge in [0.25, 0.3) is 11.8 Å². The van der Waals surface area contributed by atoms with Crippen molar-refractivity contribution in [1.82, 2.24) is 19.8 Å². The smallest absolute Gasteiger partial charge is 0.260 e. The maximum absolute atomic E-state index is 12.4. The van der Waals surface area contributed by atoms with Gasteiger partial charge >= 0.3 is 0 Å². The van der Waals surface area contributed by atoms with Gasteiger partial charge in [0.05, 0.1) is 0 Å². The second kappa shape index (κ2) is 10.4. The van der Waals surface area contributed by atoms with E-state index < -0.39 is 0 Å². The first-order valence-electron chi connectivity index (χ1n) is 8.74. The van der Waals surface area contributed by atoms with Crippen LogP contribution in [0.3, 0.4) is 0 Å². The molecule has 0 N–H and O–H groups in total. The number of hydrogen-bond acceptors (Lipinski definition) is 5. The Labute approximate surface area is 170 Å². The van der Waals surface area contributed by atoms with Gasteiger partial charge in [-0.15, -0.1) is 12.4 Å². The number of piperidine rings is 1. The van der Waals surface area contributed by atoms with Gasteiger partial charge in [-0.3, -0.25) is 9.69 Å². The van der Waals surface area contributed by atoms with Gasteiger partial charge in [0.1, 0.15) is 0 Å². The second-order valence-electron chi connectivity index (χ2n) is 6.44. The highest BCUT2D eigenvalue weighted by Gasteiger charge is 2.25. The van der Waals surface area contributed by atoms with E-state index in [-0.39, 0.29) is 42.0 Å². The zero-order valence-corrected chi connectivity index (χ0v) is 16.8. The number of likely N-dealkylation sites (N-methyl/N-ethyl adjacent to an activating group) is 1. The molecule has 1 aliphatic rings. The zero-order valence-electron chi connectivity index (χ0n) is 15.3. The third kappa shape index (κ3) is 6.06. The first-order valence-corrected chi connectivity index (χ1v) is 9.12. The van der Waals surface area contributed by atoms with E-state index in [1.54, 1.807) is 4.90 Å². The Hall–Kier alpha value is -1.89. The van der Waals surface area contributed by atoms with E-state index in [0.29, 0.717) is 0 Å². The van der Waals surface area contributed by atoms with Crippen molar-refractivity contribution >= 4 is 29.9 Å². The van der Waals surface area contributed by atoms with Crippen LogP contribution in [0, 0.1) is 0 Å². The maximum atomic E-state index is 12.4. The standard InChI is InChI=1S/C19H23ClN4O2.ClH/c1-23(17(25)14-26-19-18(20)21-9-10-22-19)16-7-11-24(12-8-16)13-15-5-3-2-4-6-15;/h2-6,9-10,16H,7-8,11-14H2,1H3;1H. The van der Waals surface area contributed by atoms with Crippen LogP contribution in [0.4, 0.5) is 0 Å². The minimum atomic E-state index is -0.0842. The molecule has 6 nitrogen and oxygen atoms in total. The van der Waals surface area contributed by atoms with Gasteiger partial charge in [-0.25, -0.2) is 9.97 Å². The van der Waals surface area contributed by atoms with E-state index in [9.17, 15) is 4.79 Å². The Morgan fingerprint density at radius 3 is 2.56 bits per heavy atom. The Morgan fingerprint density at radius 1 is 1.22 bits per heavy atom. The van der Waals surface area contributed by atoms with E-state index in [0.717, 1.165) is 32.5 Å². The number of hydrogen-bond donors (Lipinski definition) is 0. The summed E-state index contributed by atoms with van der Waals surface area (Å²) >= 11 is 5.89. The number of amides is 1. The monoisotopic (exact) mass is 410 g/mol. The van der Waals surface area contributed by atoms with Crippen molar-refractivity contribution in [3.05, 3.63) is 53.4 Å². The molecule has 0 atom stereocenters. The third-order valence-electron chi connectivity index (χ3n) is 4.70. The number of carbonyl (C=O) groups excluding carboxylic acids is 1. The van der Waals surface area contributed by atoms with Crippen molar-refractivity contribution in [3.63, 3.8) is 0 Å². The summed E-state index contributed by atoms with van der Waals surface area (Å²) in [5, 5.41) is 0.164. The molecule has 0 unspecified atom stereocenters. The first-order chi connectivity index (χ1) is 12.6. The Morgan fingerprint density at radius 2 is 1.89 bits per heavy atom. The van der Waals surface area contributed by atoms with Gasteiger partial charge in [-0.1, -0.05) is 41.9 Å². The van der Waals surface area contributed by atoms with Gasteiger partial charge in [0, 0.05) is 45.1 Å². The lowest BCUT2D eigenvalue weighted by molar-refractivity contribution is -0.135. The number of benzene rings is 1. The molecule has 0 aliphatic carbocycles. The molecule has 0 bridgehead atoms. The van der Waals surface area contributed by atoms with Crippen LogP contribution in [0.5, 0.6) is 5.88 Å². The topological polar surface area (TPSA) is 58.6 Å². The van der Waals surface area contributed by atoms with Gasteiger partial charge in [-0.05, 0) is 18.4 Å². The van der Waals surface area contributed by atoms with E-state index in [1.807, 2.05) is 13.1 Å². The normalized spacial score (nSPS) is 15.0. The number of aromatic nitrogens is 2. The number of halogens is 2. The molecule has 27 heavy (non-hydrogen) atoms. The largest absolute Gasteiger partial charge is 0.465 e. The molecule has 1 aromatic heterocycles. The van der Waals surface area contributed by atoms with Crippen LogP contribution in [0.15, 0.2) is 42.7 Å². The lowest BCUT2D eigenvalue weighted by Gasteiger charge is -2.36.